The van der Waals surface area contributed by atoms with Crippen molar-refractivity contribution >= 4 is 11.7 Å². The Hall–Kier alpha value is -1.58. The quantitative estimate of drug-likeness (QED) is 0.868. The number of hydrogen-bond donors (Lipinski definition) is 2. The summed E-state index contributed by atoms with van der Waals surface area (Å²) in [5, 5.41) is 2.99. The molecule has 3 N–H and O–H groups in total. The van der Waals surface area contributed by atoms with Crippen molar-refractivity contribution in [1.29, 1.82) is 0 Å². The molecule has 0 aliphatic carbocycles. The lowest BCUT2D eigenvalue weighted by Gasteiger charge is -2.29. The lowest BCUT2D eigenvalue weighted by molar-refractivity contribution is 0.0924. The third-order valence-corrected chi connectivity index (χ3v) is 3.99. The highest BCUT2D eigenvalue weighted by molar-refractivity contribution is 5.94. The molecule has 0 saturated heterocycles. The molecule has 1 rings (SSSR count). The van der Waals surface area contributed by atoms with Gasteiger partial charge in [0.1, 0.15) is 5.82 Å². The van der Waals surface area contributed by atoms with Crippen molar-refractivity contribution in [3.63, 3.8) is 0 Å². The Labute approximate surface area is 122 Å². The third-order valence-electron chi connectivity index (χ3n) is 3.99. The van der Waals surface area contributed by atoms with Crippen molar-refractivity contribution in [2.75, 3.05) is 12.3 Å². The van der Waals surface area contributed by atoms with Gasteiger partial charge in [0.25, 0.3) is 5.91 Å². The average molecular weight is 277 g/mol. The minimum atomic E-state index is -0.0882. The summed E-state index contributed by atoms with van der Waals surface area (Å²) in [7, 11) is 0. The molecule has 0 spiro atoms. The van der Waals surface area contributed by atoms with Gasteiger partial charge in [0.05, 0.1) is 0 Å². The van der Waals surface area contributed by atoms with Gasteiger partial charge in [-0.25, -0.2) is 4.98 Å². The lowest BCUT2D eigenvalue weighted by Crippen LogP contribution is -2.37. The molecule has 4 heteroatoms. The highest BCUT2D eigenvalue weighted by atomic mass is 16.1. The van der Waals surface area contributed by atoms with E-state index < -0.39 is 0 Å². The molecule has 1 aromatic rings. The molecule has 0 saturated carbocycles. The van der Waals surface area contributed by atoms with E-state index in [4.69, 9.17) is 5.73 Å². The molecule has 0 aromatic carbocycles. The van der Waals surface area contributed by atoms with E-state index in [9.17, 15) is 4.79 Å². The molecule has 0 atom stereocenters. The molecular formula is C16H27N3O. The van der Waals surface area contributed by atoms with Crippen LogP contribution in [0.5, 0.6) is 0 Å². The van der Waals surface area contributed by atoms with Crippen LogP contribution < -0.4 is 11.1 Å². The van der Waals surface area contributed by atoms with Gasteiger partial charge >= 0.3 is 0 Å². The van der Waals surface area contributed by atoms with E-state index in [1.807, 2.05) is 19.9 Å². The minimum absolute atomic E-state index is 0.0646. The van der Waals surface area contributed by atoms with Gasteiger partial charge in [-0.2, -0.15) is 0 Å². The molecule has 1 amide bonds. The summed E-state index contributed by atoms with van der Waals surface area (Å²) in [5.74, 6) is 1.05. The smallest absolute Gasteiger partial charge is 0.251 e. The summed E-state index contributed by atoms with van der Waals surface area (Å²) in [6, 6.07) is 3.45. The number of nitrogens with one attached hydrogen (secondary N) is 1. The third kappa shape index (κ3) is 4.22. The number of nitrogens with two attached hydrogens (primary N) is 1. The Morgan fingerprint density at radius 3 is 2.40 bits per heavy atom. The van der Waals surface area contributed by atoms with Crippen LogP contribution in [0.3, 0.4) is 0 Å². The Morgan fingerprint density at radius 1 is 1.30 bits per heavy atom. The second kappa shape index (κ2) is 6.25. The molecule has 0 aliphatic heterocycles. The number of carbonyl (C=O) groups is 1. The van der Waals surface area contributed by atoms with Gasteiger partial charge < -0.3 is 11.1 Å². The summed E-state index contributed by atoms with van der Waals surface area (Å²) >= 11 is 0. The van der Waals surface area contributed by atoms with Gasteiger partial charge in [0.15, 0.2) is 0 Å². The summed E-state index contributed by atoms with van der Waals surface area (Å²) in [5.41, 5.74) is 7.27. The van der Waals surface area contributed by atoms with Crippen molar-refractivity contribution < 1.29 is 4.79 Å². The standard InChI is InChI=1S/C16H27N3O/c1-10(2)13-7-12(8-14(17)19-13)15(20)18-9-16(5,6)11(3)4/h7-8,10-11H,9H2,1-6H3,(H2,17,19)(H,18,20). The SMILES string of the molecule is CC(C)c1cc(C(=O)NCC(C)(C)C(C)C)cc(N)n1. The molecule has 0 fully saturated rings. The van der Waals surface area contributed by atoms with Crippen LogP contribution in [0, 0.1) is 11.3 Å². The Balaban J connectivity index is 2.83. The number of aromatic nitrogens is 1. The summed E-state index contributed by atoms with van der Waals surface area (Å²) in [6.07, 6.45) is 0. The number of rotatable bonds is 5. The molecule has 4 nitrogen and oxygen atoms in total. The van der Waals surface area contributed by atoms with Crippen LogP contribution in [0.2, 0.25) is 0 Å². The summed E-state index contributed by atoms with van der Waals surface area (Å²) in [4.78, 5) is 16.5. The van der Waals surface area contributed by atoms with E-state index in [1.165, 1.54) is 0 Å². The number of anilines is 1. The van der Waals surface area contributed by atoms with Crippen molar-refractivity contribution in [3.8, 4) is 0 Å². The highest BCUT2D eigenvalue weighted by Gasteiger charge is 2.23. The first-order valence-electron chi connectivity index (χ1n) is 7.19. The van der Waals surface area contributed by atoms with Crippen LogP contribution in [0.15, 0.2) is 12.1 Å². The van der Waals surface area contributed by atoms with Gasteiger partial charge in [-0.05, 0) is 29.4 Å². The van der Waals surface area contributed by atoms with Crippen LogP contribution in [0.25, 0.3) is 0 Å². The number of pyridine rings is 1. The Kier molecular flexibility index (Phi) is 5.15. The molecule has 0 aliphatic rings. The van der Waals surface area contributed by atoms with Crippen molar-refractivity contribution in [2.45, 2.75) is 47.5 Å². The largest absolute Gasteiger partial charge is 0.384 e. The van der Waals surface area contributed by atoms with E-state index in [0.29, 0.717) is 23.8 Å². The Bertz CT molecular complexity index is 479. The zero-order valence-corrected chi connectivity index (χ0v) is 13.4. The van der Waals surface area contributed by atoms with E-state index in [2.05, 4.69) is 38.0 Å². The fraction of sp³-hybridized carbons (Fsp3) is 0.625. The van der Waals surface area contributed by atoms with Crippen LogP contribution in [0.4, 0.5) is 5.82 Å². The first kappa shape index (κ1) is 16.5. The first-order chi connectivity index (χ1) is 9.13. The van der Waals surface area contributed by atoms with Gasteiger partial charge in [-0.15, -0.1) is 0 Å². The van der Waals surface area contributed by atoms with Crippen LogP contribution in [-0.4, -0.2) is 17.4 Å². The van der Waals surface area contributed by atoms with E-state index in [1.54, 1.807) is 6.07 Å². The second-order valence-electron chi connectivity index (χ2n) is 6.69. The molecule has 1 aromatic heterocycles. The number of amides is 1. The molecule has 20 heavy (non-hydrogen) atoms. The Morgan fingerprint density at radius 2 is 1.90 bits per heavy atom. The maximum Gasteiger partial charge on any atom is 0.251 e. The minimum Gasteiger partial charge on any atom is -0.384 e. The zero-order valence-electron chi connectivity index (χ0n) is 13.4. The monoisotopic (exact) mass is 277 g/mol. The van der Waals surface area contributed by atoms with Crippen LogP contribution >= 0.6 is 0 Å². The number of nitrogens with zero attached hydrogens (tertiary/aromatic N) is 1. The predicted octanol–water partition coefficient (Wildman–Crippen LogP) is 3.20. The fourth-order valence-corrected chi connectivity index (χ4v) is 1.62. The number of nitrogen functional groups attached to an aromatic ring is 1. The van der Waals surface area contributed by atoms with E-state index in [0.717, 1.165) is 5.69 Å². The van der Waals surface area contributed by atoms with Gasteiger partial charge in [0.2, 0.25) is 0 Å². The maximum atomic E-state index is 12.2. The molecule has 0 radical (unpaired) electrons. The normalized spacial score (nSPS) is 12.0. The number of carbonyl (C=O) groups excluding carboxylic acids is 1. The fourth-order valence-electron chi connectivity index (χ4n) is 1.62. The van der Waals surface area contributed by atoms with Gasteiger partial charge in [0, 0.05) is 17.8 Å². The van der Waals surface area contributed by atoms with Crippen molar-refractivity contribution in [1.82, 2.24) is 10.3 Å². The number of hydrogen-bond acceptors (Lipinski definition) is 3. The molecule has 0 bridgehead atoms. The zero-order chi connectivity index (χ0) is 15.5. The summed E-state index contributed by atoms with van der Waals surface area (Å²) in [6.45, 7) is 13.3. The molecular weight excluding hydrogens is 250 g/mol. The van der Waals surface area contributed by atoms with Crippen LogP contribution in [0.1, 0.15) is 63.5 Å². The average Bonchev–Trinajstić information content (AvgIpc) is 2.35. The molecule has 1 heterocycles. The second-order valence-corrected chi connectivity index (χ2v) is 6.69. The predicted molar refractivity (Wildman–Crippen MR) is 83.7 cm³/mol. The summed E-state index contributed by atoms with van der Waals surface area (Å²) < 4.78 is 0. The highest BCUT2D eigenvalue weighted by Crippen LogP contribution is 2.25. The topological polar surface area (TPSA) is 68.0 Å². The molecule has 112 valence electrons. The van der Waals surface area contributed by atoms with Crippen LogP contribution in [-0.2, 0) is 0 Å². The molecule has 0 unspecified atom stereocenters. The van der Waals surface area contributed by atoms with E-state index >= 15 is 0 Å². The van der Waals surface area contributed by atoms with Gasteiger partial charge in [-0.1, -0.05) is 41.5 Å². The maximum absolute atomic E-state index is 12.2. The van der Waals surface area contributed by atoms with Crippen molar-refractivity contribution in [2.24, 2.45) is 11.3 Å². The lowest BCUT2D eigenvalue weighted by atomic mass is 9.81. The van der Waals surface area contributed by atoms with E-state index in [-0.39, 0.29) is 17.2 Å². The first-order valence-corrected chi connectivity index (χ1v) is 7.19. The van der Waals surface area contributed by atoms with Crippen molar-refractivity contribution in [3.05, 3.63) is 23.4 Å². The van der Waals surface area contributed by atoms with Gasteiger partial charge in [-0.3, -0.25) is 4.79 Å².